The normalized spacial score (nSPS) is 12.5. The highest BCUT2D eigenvalue weighted by molar-refractivity contribution is 9.10. The van der Waals surface area contributed by atoms with Gasteiger partial charge in [-0.05, 0) is 42.2 Å². The first-order valence-electron chi connectivity index (χ1n) is 5.94. The third-order valence-corrected chi connectivity index (χ3v) is 4.04. The van der Waals surface area contributed by atoms with E-state index in [0.29, 0.717) is 5.56 Å². The summed E-state index contributed by atoms with van der Waals surface area (Å²) in [5, 5.41) is 0. The molecule has 0 bridgehead atoms. The van der Waals surface area contributed by atoms with Crippen molar-refractivity contribution in [2.24, 2.45) is 5.73 Å². The summed E-state index contributed by atoms with van der Waals surface area (Å²) in [5.74, 6) is -1.65. The van der Waals surface area contributed by atoms with E-state index in [-0.39, 0.29) is 12.5 Å². The minimum atomic E-state index is -0.837. The largest absolute Gasteiger partial charge is 0.324 e. The van der Waals surface area contributed by atoms with Crippen LogP contribution in [0, 0.1) is 18.6 Å². The van der Waals surface area contributed by atoms with Gasteiger partial charge in [-0.3, -0.25) is 0 Å². The van der Waals surface area contributed by atoms with Gasteiger partial charge in [0.05, 0.1) is 0 Å². The third-order valence-electron chi connectivity index (χ3n) is 3.18. The lowest BCUT2D eigenvalue weighted by atomic mass is 9.96. The predicted octanol–water partition coefficient (Wildman–Crippen LogP) is 4.28. The van der Waals surface area contributed by atoms with E-state index in [0.717, 1.165) is 21.7 Å². The Morgan fingerprint density at radius 1 is 1.16 bits per heavy atom. The summed E-state index contributed by atoms with van der Waals surface area (Å²) in [7, 11) is 0. The number of halogens is 3. The van der Waals surface area contributed by atoms with Gasteiger partial charge in [0.2, 0.25) is 0 Å². The molecule has 1 atom stereocenters. The quantitative estimate of drug-likeness (QED) is 0.895. The molecular weight excluding hydrogens is 312 g/mol. The van der Waals surface area contributed by atoms with Crippen LogP contribution in [0.1, 0.15) is 22.7 Å². The summed E-state index contributed by atoms with van der Waals surface area (Å²) in [5.41, 5.74) is 8.35. The van der Waals surface area contributed by atoms with Crippen molar-refractivity contribution in [3.05, 3.63) is 69.2 Å². The van der Waals surface area contributed by atoms with Gasteiger partial charge in [-0.15, -0.1) is 0 Å². The van der Waals surface area contributed by atoms with Gasteiger partial charge in [0.15, 0.2) is 11.6 Å². The monoisotopic (exact) mass is 325 g/mol. The fraction of sp³-hybridized carbons (Fsp3) is 0.200. The van der Waals surface area contributed by atoms with Crippen LogP contribution < -0.4 is 5.73 Å². The molecule has 0 saturated carbocycles. The van der Waals surface area contributed by atoms with Crippen LogP contribution >= 0.6 is 15.9 Å². The van der Waals surface area contributed by atoms with Crippen LogP contribution in [0.3, 0.4) is 0 Å². The van der Waals surface area contributed by atoms with Crippen LogP contribution in [0.15, 0.2) is 40.9 Å². The number of nitrogens with two attached hydrogens (primary N) is 1. The van der Waals surface area contributed by atoms with Crippen LogP contribution in [0.4, 0.5) is 8.78 Å². The molecule has 0 aliphatic heterocycles. The third kappa shape index (κ3) is 3.01. The molecule has 0 spiro atoms. The highest BCUT2D eigenvalue weighted by atomic mass is 79.9. The van der Waals surface area contributed by atoms with E-state index in [9.17, 15) is 8.78 Å². The van der Waals surface area contributed by atoms with Gasteiger partial charge < -0.3 is 5.73 Å². The zero-order valence-electron chi connectivity index (χ0n) is 10.5. The van der Waals surface area contributed by atoms with E-state index in [4.69, 9.17) is 5.73 Å². The maximum Gasteiger partial charge on any atom is 0.162 e. The van der Waals surface area contributed by atoms with E-state index in [1.54, 1.807) is 6.07 Å². The molecule has 0 saturated heterocycles. The molecule has 0 radical (unpaired) electrons. The smallest absolute Gasteiger partial charge is 0.162 e. The lowest BCUT2D eigenvalue weighted by molar-refractivity contribution is 0.494. The Hall–Kier alpha value is -1.26. The molecule has 2 aromatic carbocycles. The molecule has 2 aromatic rings. The van der Waals surface area contributed by atoms with E-state index < -0.39 is 11.6 Å². The van der Waals surface area contributed by atoms with Gasteiger partial charge in [-0.1, -0.05) is 40.2 Å². The Bertz CT molecular complexity index is 599. The van der Waals surface area contributed by atoms with Crippen LogP contribution in [-0.4, -0.2) is 0 Å². The maximum absolute atomic E-state index is 13.6. The molecule has 4 heteroatoms. The molecule has 0 aliphatic rings. The number of rotatable bonds is 3. The van der Waals surface area contributed by atoms with E-state index >= 15 is 0 Å². The molecule has 2 rings (SSSR count). The minimum Gasteiger partial charge on any atom is -0.324 e. The van der Waals surface area contributed by atoms with Crippen LogP contribution in [0.25, 0.3) is 0 Å². The van der Waals surface area contributed by atoms with Gasteiger partial charge in [0.1, 0.15) is 0 Å². The average molecular weight is 326 g/mol. The second-order valence-electron chi connectivity index (χ2n) is 4.48. The van der Waals surface area contributed by atoms with E-state index in [1.807, 2.05) is 25.1 Å². The first kappa shape index (κ1) is 14.2. The van der Waals surface area contributed by atoms with E-state index in [2.05, 4.69) is 15.9 Å². The molecule has 0 amide bonds. The standard InChI is InChI=1S/C15H14BrF2N/c1-9-11(5-3-6-12(9)16)14(19)8-10-4-2-7-13(17)15(10)18/h2-7,14H,8,19H2,1H3. The number of hydrogen-bond donors (Lipinski definition) is 1. The van der Waals surface area contributed by atoms with Crippen LogP contribution in [-0.2, 0) is 6.42 Å². The van der Waals surface area contributed by atoms with Crippen LogP contribution in [0.5, 0.6) is 0 Å². The second-order valence-corrected chi connectivity index (χ2v) is 5.33. The fourth-order valence-corrected chi connectivity index (χ4v) is 2.46. The molecule has 1 nitrogen and oxygen atoms in total. The minimum absolute atomic E-state index is 0.265. The predicted molar refractivity (Wildman–Crippen MR) is 75.9 cm³/mol. The molecule has 2 N–H and O–H groups in total. The Labute approximate surface area is 119 Å². The zero-order valence-corrected chi connectivity index (χ0v) is 12.0. The summed E-state index contributed by atoms with van der Waals surface area (Å²) in [6.07, 6.45) is 0.265. The van der Waals surface area contributed by atoms with Gasteiger partial charge in [-0.25, -0.2) is 8.78 Å². The molecule has 0 heterocycles. The first-order chi connectivity index (χ1) is 9.00. The number of benzene rings is 2. The molecule has 0 aromatic heterocycles. The van der Waals surface area contributed by atoms with Crippen molar-refractivity contribution < 1.29 is 8.78 Å². The number of hydrogen-bond acceptors (Lipinski definition) is 1. The van der Waals surface area contributed by atoms with Crippen molar-refractivity contribution in [3.8, 4) is 0 Å². The maximum atomic E-state index is 13.6. The summed E-state index contributed by atoms with van der Waals surface area (Å²) < 4.78 is 27.7. The zero-order chi connectivity index (χ0) is 14.0. The molecular formula is C15H14BrF2N. The van der Waals surface area contributed by atoms with Gasteiger partial charge in [0, 0.05) is 10.5 Å². The lowest BCUT2D eigenvalue weighted by Gasteiger charge is -2.16. The summed E-state index contributed by atoms with van der Waals surface area (Å²) in [4.78, 5) is 0. The van der Waals surface area contributed by atoms with Crippen molar-refractivity contribution in [3.63, 3.8) is 0 Å². The van der Waals surface area contributed by atoms with Crippen LogP contribution in [0.2, 0.25) is 0 Å². The topological polar surface area (TPSA) is 26.0 Å². The summed E-state index contributed by atoms with van der Waals surface area (Å²) in [6.45, 7) is 1.95. The van der Waals surface area contributed by atoms with Crippen molar-refractivity contribution in [2.45, 2.75) is 19.4 Å². The van der Waals surface area contributed by atoms with Gasteiger partial charge in [0.25, 0.3) is 0 Å². The molecule has 0 fully saturated rings. The second kappa shape index (κ2) is 5.80. The molecule has 0 aliphatic carbocycles. The Morgan fingerprint density at radius 2 is 1.84 bits per heavy atom. The van der Waals surface area contributed by atoms with Crippen molar-refractivity contribution in [1.29, 1.82) is 0 Å². The van der Waals surface area contributed by atoms with Gasteiger partial charge in [-0.2, -0.15) is 0 Å². The van der Waals surface area contributed by atoms with Crippen molar-refractivity contribution >= 4 is 15.9 Å². The molecule has 1 unspecified atom stereocenters. The lowest BCUT2D eigenvalue weighted by Crippen LogP contribution is -2.16. The Balaban J connectivity index is 2.28. The Kier molecular flexibility index (Phi) is 4.32. The van der Waals surface area contributed by atoms with Crippen molar-refractivity contribution in [1.82, 2.24) is 0 Å². The summed E-state index contributed by atoms with van der Waals surface area (Å²) in [6, 6.07) is 9.51. The fourth-order valence-electron chi connectivity index (χ4n) is 2.08. The SMILES string of the molecule is Cc1c(Br)cccc1C(N)Cc1cccc(F)c1F. The van der Waals surface area contributed by atoms with Crippen molar-refractivity contribution in [2.75, 3.05) is 0 Å². The molecule has 19 heavy (non-hydrogen) atoms. The first-order valence-corrected chi connectivity index (χ1v) is 6.73. The average Bonchev–Trinajstić information content (AvgIpc) is 2.38. The highest BCUT2D eigenvalue weighted by Crippen LogP contribution is 2.26. The Morgan fingerprint density at radius 3 is 2.58 bits per heavy atom. The summed E-state index contributed by atoms with van der Waals surface area (Å²) >= 11 is 3.44. The van der Waals surface area contributed by atoms with Gasteiger partial charge >= 0.3 is 0 Å². The molecule has 100 valence electrons. The highest BCUT2D eigenvalue weighted by Gasteiger charge is 2.15. The van der Waals surface area contributed by atoms with E-state index in [1.165, 1.54) is 6.07 Å².